The highest BCUT2D eigenvalue weighted by Crippen LogP contribution is 2.22. The molecule has 0 bridgehead atoms. The minimum Gasteiger partial charge on any atom is -0.507 e. The van der Waals surface area contributed by atoms with Crippen molar-refractivity contribution in [1.82, 2.24) is 5.32 Å². The van der Waals surface area contributed by atoms with Gasteiger partial charge in [-0.3, -0.25) is 4.79 Å². The van der Waals surface area contributed by atoms with Gasteiger partial charge in [0, 0.05) is 0 Å². The van der Waals surface area contributed by atoms with Gasteiger partial charge in [-0.25, -0.2) is 0 Å². The molecule has 0 aliphatic heterocycles. The monoisotopic (exact) mass is 277 g/mol. The normalized spacial score (nSPS) is 13.8. The van der Waals surface area contributed by atoms with Crippen LogP contribution < -0.4 is 5.32 Å². The number of hydrogen-bond acceptors (Lipinski definition) is 4. The first kappa shape index (κ1) is 13.6. The standard InChI is InChI=1S/C14H15NO3S/c1-14(18,10-6-7-19-8-10)9-15-13(17)11-4-2-3-5-12(11)16/h2-8,16,18H,9H2,1H3,(H,15,17). The lowest BCUT2D eigenvalue weighted by molar-refractivity contribution is 0.0529. The van der Waals surface area contributed by atoms with Gasteiger partial charge in [-0.2, -0.15) is 11.3 Å². The number of thiophene rings is 1. The van der Waals surface area contributed by atoms with Gasteiger partial charge in [0.1, 0.15) is 11.4 Å². The molecule has 0 saturated heterocycles. The van der Waals surface area contributed by atoms with Gasteiger partial charge in [0.2, 0.25) is 0 Å². The molecule has 19 heavy (non-hydrogen) atoms. The van der Waals surface area contributed by atoms with E-state index in [-0.39, 0.29) is 17.9 Å². The number of benzene rings is 1. The van der Waals surface area contributed by atoms with E-state index in [1.54, 1.807) is 19.1 Å². The number of carbonyl (C=O) groups excluding carboxylic acids is 1. The Morgan fingerprint density at radius 1 is 1.37 bits per heavy atom. The lowest BCUT2D eigenvalue weighted by atomic mass is 9.99. The van der Waals surface area contributed by atoms with E-state index in [0.717, 1.165) is 5.56 Å². The van der Waals surface area contributed by atoms with Crippen molar-refractivity contribution >= 4 is 17.2 Å². The Labute approximate surface area is 115 Å². The zero-order valence-corrected chi connectivity index (χ0v) is 11.3. The van der Waals surface area contributed by atoms with Crippen molar-refractivity contribution in [1.29, 1.82) is 0 Å². The molecular weight excluding hydrogens is 262 g/mol. The number of nitrogens with one attached hydrogen (secondary N) is 1. The summed E-state index contributed by atoms with van der Waals surface area (Å²) in [6.45, 7) is 1.72. The largest absolute Gasteiger partial charge is 0.507 e. The minimum absolute atomic E-state index is 0.0739. The fourth-order valence-electron chi connectivity index (χ4n) is 1.69. The highest BCUT2D eigenvalue weighted by atomic mass is 32.1. The first-order valence-corrected chi connectivity index (χ1v) is 6.76. The summed E-state index contributed by atoms with van der Waals surface area (Å²) in [5.41, 5.74) is -0.168. The Morgan fingerprint density at radius 3 is 2.74 bits per heavy atom. The second-order valence-electron chi connectivity index (χ2n) is 4.49. The molecule has 2 aromatic rings. The van der Waals surface area contributed by atoms with Gasteiger partial charge in [-0.05, 0) is 41.4 Å². The topological polar surface area (TPSA) is 69.6 Å². The molecule has 0 fully saturated rings. The molecule has 1 aromatic heterocycles. The van der Waals surface area contributed by atoms with Gasteiger partial charge in [0.05, 0.1) is 12.1 Å². The summed E-state index contributed by atoms with van der Waals surface area (Å²) in [7, 11) is 0. The van der Waals surface area contributed by atoms with Crippen LogP contribution in [0.5, 0.6) is 5.75 Å². The molecule has 1 unspecified atom stereocenters. The number of phenols is 1. The predicted molar refractivity (Wildman–Crippen MR) is 74.3 cm³/mol. The fraction of sp³-hybridized carbons (Fsp3) is 0.214. The Kier molecular flexibility index (Phi) is 3.87. The molecule has 0 aliphatic rings. The van der Waals surface area contributed by atoms with Crippen molar-refractivity contribution in [3.63, 3.8) is 0 Å². The third-order valence-electron chi connectivity index (χ3n) is 2.88. The summed E-state index contributed by atoms with van der Waals surface area (Å²) in [6.07, 6.45) is 0. The zero-order valence-electron chi connectivity index (χ0n) is 10.5. The molecule has 3 N–H and O–H groups in total. The molecule has 4 nitrogen and oxygen atoms in total. The van der Waals surface area contributed by atoms with E-state index < -0.39 is 11.5 Å². The third kappa shape index (κ3) is 3.13. The number of aliphatic hydroxyl groups is 1. The smallest absolute Gasteiger partial charge is 0.255 e. The van der Waals surface area contributed by atoms with Gasteiger partial charge >= 0.3 is 0 Å². The van der Waals surface area contributed by atoms with Crippen molar-refractivity contribution in [3.8, 4) is 5.75 Å². The van der Waals surface area contributed by atoms with Crippen molar-refractivity contribution in [3.05, 3.63) is 52.2 Å². The van der Waals surface area contributed by atoms with E-state index in [1.807, 2.05) is 16.8 Å². The Hall–Kier alpha value is -1.85. The van der Waals surface area contributed by atoms with E-state index in [0.29, 0.717) is 0 Å². The Morgan fingerprint density at radius 2 is 2.11 bits per heavy atom. The highest BCUT2D eigenvalue weighted by Gasteiger charge is 2.24. The molecular formula is C14H15NO3S. The van der Waals surface area contributed by atoms with E-state index in [4.69, 9.17) is 0 Å². The van der Waals surface area contributed by atoms with Crippen LogP contribution >= 0.6 is 11.3 Å². The maximum atomic E-state index is 11.9. The lowest BCUT2D eigenvalue weighted by Crippen LogP contribution is -2.38. The van der Waals surface area contributed by atoms with Gasteiger partial charge in [0.25, 0.3) is 5.91 Å². The zero-order chi connectivity index (χ0) is 13.9. The molecule has 1 amide bonds. The Bertz CT molecular complexity index is 564. The molecule has 2 rings (SSSR count). The number of hydrogen-bond donors (Lipinski definition) is 3. The van der Waals surface area contributed by atoms with E-state index in [1.165, 1.54) is 23.5 Å². The highest BCUT2D eigenvalue weighted by molar-refractivity contribution is 7.08. The minimum atomic E-state index is -1.12. The first-order valence-electron chi connectivity index (χ1n) is 5.82. The quantitative estimate of drug-likeness (QED) is 0.801. The molecule has 1 heterocycles. The van der Waals surface area contributed by atoms with E-state index >= 15 is 0 Å². The predicted octanol–water partition coefficient (Wildman–Crippen LogP) is 2.09. The molecule has 1 atom stereocenters. The maximum Gasteiger partial charge on any atom is 0.255 e. The second-order valence-corrected chi connectivity index (χ2v) is 5.27. The summed E-state index contributed by atoms with van der Waals surface area (Å²) < 4.78 is 0. The van der Waals surface area contributed by atoms with Crippen LogP contribution in [0.4, 0.5) is 0 Å². The van der Waals surface area contributed by atoms with Gasteiger partial charge in [-0.15, -0.1) is 0 Å². The fourth-order valence-corrected chi connectivity index (χ4v) is 2.47. The summed E-state index contributed by atoms with van der Waals surface area (Å²) >= 11 is 1.49. The van der Waals surface area contributed by atoms with Crippen molar-refractivity contribution in [2.45, 2.75) is 12.5 Å². The number of phenolic OH excluding ortho intramolecular Hbond substituents is 1. The van der Waals surface area contributed by atoms with E-state index in [2.05, 4.69) is 5.32 Å². The molecule has 0 aliphatic carbocycles. The maximum absolute atomic E-state index is 11.9. The Balaban J connectivity index is 2.03. The first-order chi connectivity index (χ1) is 9.00. The van der Waals surface area contributed by atoms with Gasteiger partial charge in [-0.1, -0.05) is 12.1 Å². The van der Waals surface area contributed by atoms with Gasteiger partial charge < -0.3 is 15.5 Å². The van der Waals surface area contributed by atoms with Crippen molar-refractivity contribution in [2.24, 2.45) is 0 Å². The summed E-state index contributed by atoms with van der Waals surface area (Å²) in [5, 5.41) is 26.2. The van der Waals surface area contributed by atoms with Crippen molar-refractivity contribution in [2.75, 3.05) is 6.54 Å². The SMILES string of the molecule is CC(O)(CNC(=O)c1ccccc1O)c1ccsc1. The van der Waals surface area contributed by atoms with Crippen LogP contribution in [0.3, 0.4) is 0 Å². The van der Waals surface area contributed by atoms with Crippen LogP contribution in [0, 0.1) is 0 Å². The van der Waals surface area contributed by atoms with Crippen LogP contribution in [0.2, 0.25) is 0 Å². The van der Waals surface area contributed by atoms with E-state index in [9.17, 15) is 15.0 Å². The summed E-state index contributed by atoms with van der Waals surface area (Å²) in [5.74, 6) is -0.483. The van der Waals surface area contributed by atoms with Gasteiger partial charge in [0.15, 0.2) is 0 Å². The number of aromatic hydroxyl groups is 1. The van der Waals surface area contributed by atoms with Crippen LogP contribution in [0.15, 0.2) is 41.1 Å². The number of amides is 1. The molecule has 0 saturated carbocycles. The summed E-state index contributed by atoms with van der Waals surface area (Å²) in [6, 6.07) is 8.12. The van der Waals surface area contributed by atoms with Crippen LogP contribution in [-0.4, -0.2) is 22.7 Å². The molecule has 5 heteroatoms. The molecule has 0 radical (unpaired) electrons. The average Bonchev–Trinajstić information content (AvgIpc) is 2.91. The van der Waals surface area contributed by atoms with Crippen molar-refractivity contribution < 1.29 is 15.0 Å². The molecule has 1 aromatic carbocycles. The average molecular weight is 277 g/mol. The van der Waals surface area contributed by atoms with Crippen LogP contribution in [0.25, 0.3) is 0 Å². The molecule has 100 valence electrons. The van der Waals surface area contributed by atoms with Crippen LogP contribution in [0.1, 0.15) is 22.8 Å². The van der Waals surface area contributed by atoms with Crippen LogP contribution in [-0.2, 0) is 5.60 Å². The lowest BCUT2D eigenvalue weighted by Gasteiger charge is -2.22. The number of para-hydroxylation sites is 1. The molecule has 0 spiro atoms. The number of rotatable bonds is 4. The third-order valence-corrected chi connectivity index (χ3v) is 3.57. The number of carbonyl (C=O) groups is 1. The summed E-state index contributed by atoms with van der Waals surface area (Å²) in [4.78, 5) is 11.9. The second kappa shape index (κ2) is 5.42.